The molecule has 106 valence electrons. The molecular formula is C17H22N2O. The molecule has 0 spiro atoms. The Morgan fingerprint density at radius 1 is 1.20 bits per heavy atom. The summed E-state index contributed by atoms with van der Waals surface area (Å²) >= 11 is 0. The third kappa shape index (κ3) is 2.38. The molecule has 0 amide bonds. The van der Waals surface area contributed by atoms with E-state index in [0.717, 1.165) is 17.0 Å². The van der Waals surface area contributed by atoms with Crippen molar-refractivity contribution in [2.24, 2.45) is 0 Å². The third-order valence-corrected chi connectivity index (χ3v) is 4.38. The van der Waals surface area contributed by atoms with Crippen molar-refractivity contribution in [1.82, 2.24) is 10.1 Å². The van der Waals surface area contributed by atoms with Gasteiger partial charge in [0.2, 0.25) is 0 Å². The van der Waals surface area contributed by atoms with E-state index in [2.05, 4.69) is 41.2 Å². The Kier molecular flexibility index (Phi) is 3.62. The van der Waals surface area contributed by atoms with E-state index in [1.807, 2.05) is 13.8 Å². The summed E-state index contributed by atoms with van der Waals surface area (Å²) in [6.45, 7) is 8.72. The van der Waals surface area contributed by atoms with E-state index in [4.69, 9.17) is 4.52 Å². The van der Waals surface area contributed by atoms with Crippen molar-refractivity contribution >= 4 is 0 Å². The molecule has 3 rings (SSSR count). The molecule has 1 aliphatic rings. The summed E-state index contributed by atoms with van der Waals surface area (Å²) in [4.78, 5) is 2.56. The van der Waals surface area contributed by atoms with Crippen molar-refractivity contribution in [3.8, 4) is 11.1 Å². The highest BCUT2D eigenvalue weighted by Crippen LogP contribution is 2.31. The maximum atomic E-state index is 5.29. The average molecular weight is 270 g/mol. The molecule has 0 bridgehead atoms. The van der Waals surface area contributed by atoms with Gasteiger partial charge in [-0.3, -0.25) is 4.90 Å². The van der Waals surface area contributed by atoms with Gasteiger partial charge in [0.05, 0.1) is 5.69 Å². The zero-order valence-electron chi connectivity index (χ0n) is 12.5. The highest BCUT2D eigenvalue weighted by Gasteiger charge is 2.20. The quantitative estimate of drug-likeness (QED) is 0.840. The SMILES string of the molecule is Cc1noc(C)c1-c1cccc([C@H](C)N2CCCC2)c1. The number of aryl methyl sites for hydroxylation is 2. The van der Waals surface area contributed by atoms with Crippen LogP contribution in [0.15, 0.2) is 28.8 Å². The largest absolute Gasteiger partial charge is 0.361 e. The second kappa shape index (κ2) is 5.41. The first-order valence-corrected chi connectivity index (χ1v) is 7.44. The number of aromatic nitrogens is 1. The van der Waals surface area contributed by atoms with Crippen LogP contribution in [0.4, 0.5) is 0 Å². The highest BCUT2D eigenvalue weighted by molar-refractivity contribution is 5.68. The van der Waals surface area contributed by atoms with Crippen LogP contribution in [0.2, 0.25) is 0 Å². The normalized spacial score (nSPS) is 17.6. The minimum absolute atomic E-state index is 0.484. The van der Waals surface area contributed by atoms with Gasteiger partial charge in [0, 0.05) is 11.6 Å². The molecule has 0 radical (unpaired) electrons. The molecule has 3 nitrogen and oxygen atoms in total. The van der Waals surface area contributed by atoms with E-state index in [1.165, 1.54) is 37.1 Å². The van der Waals surface area contributed by atoms with E-state index < -0.39 is 0 Å². The van der Waals surface area contributed by atoms with Crippen LogP contribution in [-0.2, 0) is 0 Å². The van der Waals surface area contributed by atoms with Crippen molar-refractivity contribution in [3.63, 3.8) is 0 Å². The second-order valence-electron chi connectivity index (χ2n) is 5.74. The topological polar surface area (TPSA) is 29.3 Å². The molecule has 1 atom stereocenters. The van der Waals surface area contributed by atoms with Crippen molar-refractivity contribution in [2.45, 2.75) is 39.7 Å². The number of benzene rings is 1. The number of nitrogens with zero attached hydrogens (tertiary/aromatic N) is 2. The summed E-state index contributed by atoms with van der Waals surface area (Å²) in [6.07, 6.45) is 2.65. The number of hydrogen-bond donors (Lipinski definition) is 0. The molecule has 1 saturated heterocycles. The minimum Gasteiger partial charge on any atom is -0.361 e. The zero-order chi connectivity index (χ0) is 14.1. The summed E-state index contributed by atoms with van der Waals surface area (Å²) in [5.74, 6) is 0.897. The molecule has 1 aliphatic heterocycles. The van der Waals surface area contributed by atoms with Crippen LogP contribution in [0.25, 0.3) is 11.1 Å². The van der Waals surface area contributed by atoms with Gasteiger partial charge in [0.1, 0.15) is 5.76 Å². The number of likely N-dealkylation sites (tertiary alicyclic amines) is 1. The van der Waals surface area contributed by atoms with Crippen molar-refractivity contribution in [1.29, 1.82) is 0 Å². The van der Waals surface area contributed by atoms with Crippen molar-refractivity contribution < 1.29 is 4.52 Å². The van der Waals surface area contributed by atoms with Gasteiger partial charge in [-0.15, -0.1) is 0 Å². The first kappa shape index (κ1) is 13.4. The summed E-state index contributed by atoms with van der Waals surface area (Å²) < 4.78 is 5.29. The number of rotatable bonds is 3. The van der Waals surface area contributed by atoms with Crippen LogP contribution in [0.5, 0.6) is 0 Å². The lowest BCUT2D eigenvalue weighted by Gasteiger charge is -2.24. The fourth-order valence-corrected chi connectivity index (χ4v) is 3.19. The molecule has 3 heteroatoms. The third-order valence-electron chi connectivity index (χ3n) is 4.38. The second-order valence-corrected chi connectivity index (χ2v) is 5.74. The Hall–Kier alpha value is -1.61. The van der Waals surface area contributed by atoms with Gasteiger partial charge in [-0.1, -0.05) is 23.4 Å². The Labute approximate surface area is 120 Å². The van der Waals surface area contributed by atoms with Crippen LogP contribution in [0.1, 0.15) is 42.8 Å². The molecule has 0 saturated carbocycles. The Morgan fingerprint density at radius 2 is 1.95 bits per heavy atom. The smallest absolute Gasteiger partial charge is 0.141 e. The monoisotopic (exact) mass is 270 g/mol. The van der Waals surface area contributed by atoms with Gasteiger partial charge >= 0.3 is 0 Å². The molecule has 0 unspecified atom stereocenters. The lowest BCUT2D eigenvalue weighted by atomic mass is 9.98. The Balaban J connectivity index is 1.93. The van der Waals surface area contributed by atoms with Crippen LogP contribution in [-0.4, -0.2) is 23.1 Å². The molecule has 0 N–H and O–H groups in total. The molecule has 2 heterocycles. The predicted molar refractivity (Wildman–Crippen MR) is 80.6 cm³/mol. The van der Waals surface area contributed by atoms with Gasteiger partial charge in [-0.25, -0.2) is 0 Å². The molecule has 1 aromatic carbocycles. The first-order valence-electron chi connectivity index (χ1n) is 7.44. The zero-order valence-corrected chi connectivity index (χ0v) is 12.5. The fourth-order valence-electron chi connectivity index (χ4n) is 3.19. The van der Waals surface area contributed by atoms with E-state index in [9.17, 15) is 0 Å². The minimum atomic E-state index is 0.484. The highest BCUT2D eigenvalue weighted by atomic mass is 16.5. The lowest BCUT2D eigenvalue weighted by molar-refractivity contribution is 0.263. The predicted octanol–water partition coefficient (Wildman–Crippen LogP) is 4.12. The van der Waals surface area contributed by atoms with Gasteiger partial charge in [0.25, 0.3) is 0 Å². The first-order chi connectivity index (χ1) is 9.66. The summed E-state index contributed by atoms with van der Waals surface area (Å²) in [6, 6.07) is 9.29. The summed E-state index contributed by atoms with van der Waals surface area (Å²) in [5, 5.41) is 4.06. The van der Waals surface area contributed by atoms with Gasteiger partial charge in [-0.05, 0) is 63.9 Å². The summed E-state index contributed by atoms with van der Waals surface area (Å²) in [5.41, 5.74) is 4.70. The fraction of sp³-hybridized carbons (Fsp3) is 0.471. The van der Waals surface area contributed by atoms with Gasteiger partial charge < -0.3 is 4.52 Å². The molecular weight excluding hydrogens is 248 g/mol. The maximum absolute atomic E-state index is 5.29. The lowest BCUT2D eigenvalue weighted by Crippen LogP contribution is -2.23. The average Bonchev–Trinajstić information content (AvgIpc) is 3.09. The molecule has 0 aliphatic carbocycles. The molecule has 20 heavy (non-hydrogen) atoms. The van der Waals surface area contributed by atoms with Gasteiger partial charge in [-0.2, -0.15) is 0 Å². The summed E-state index contributed by atoms with van der Waals surface area (Å²) in [7, 11) is 0. The Morgan fingerprint density at radius 3 is 2.60 bits per heavy atom. The van der Waals surface area contributed by atoms with Crippen LogP contribution < -0.4 is 0 Å². The van der Waals surface area contributed by atoms with E-state index >= 15 is 0 Å². The van der Waals surface area contributed by atoms with Crippen molar-refractivity contribution in [3.05, 3.63) is 41.3 Å². The number of hydrogen-bond acceptors (Lipinski definition) is 3. The van der Waals surface area contributed by atoms with Gasteiger partial charge in [0.15, 0.2) is 0 Å². The maximum Gasteiger partial charge on any atom is 0.141 e. The van der Waals surface area contributed by atoms with Crippen LogP contribution >= 0.6 is 0 Å². The van der Waals surface area contributed by atoms with Crippen LogP contribution in [0.3, 0.4) is 0 Å². The Bertz CT molecular complexity index is 577. The van der Waals surface area contributed by atoms with Crippen molar-refractivity contribution in [2.75, 3.05) is 13.1 Å². The van der Waals surface area contributed by atoms with E-state index in [0.29, 0.717) is 6.04 Å². The molecule has 1 fully saturated rings. The standard InChI is InChI=1S/C17H22N2O/c1-12-17(14(3)20-18-12)16-8-6-7-15(11-16)13(2)19-9-4-5-10-19/h6-8,11,13H,4-5,9-10H2,1-3H3/t13-/m0/s1. The van der Waals surface area contributed by atoms with E-state index in [1.54, 1.807) is 0 Å². The van der Waals surface area contributed by atoms with Crippen LogP contribution in [0, 0.1) is 13.8 Å². The van der Waals surface area contributed by atoms with E-state index in [-0.39, 0.29) is 0 Å². The molecule has 2 aromatic rings. The molecule has 1 aromatic heterocycles.